The molecule has 2 N–H and O–H groups in total. The summed E-state index contributed by atoms with van der Waals surface area (Å²) < 4.78 is 0. The molecule has 5 nitrogen and oxygen atoms in total. The summed E-state index contributed by atoms with van der Waals surface area (Å²) in [5, 5.41) is 6.58. The first-order valence-electron chi connectivity index (χ1n) is 8.71. The lowest BCUT2D eigenvalue weighted by molar-refractivity contribution is -0.127. The van der Waals surface area contributed by atoms with Crippen LogP contribution in [0.2, 0.25) is 5.02 Å². The van der Waals surface area contributed by atoms with Crippen molar-refractivity contribution in [2.45, 2.75) is 38.6 Å². The molecule has 0 atom stereocenters. The van der Waals surface area contributed by atoms with Gasteiger partial charge in [0.25, 0.3) is 0 Å². The van der Waals surface area contributed by atoms with E-state index in [1.807, 2.05) is 23.1 Å². The molecular formula is C18H24ClN3O2. The van der Waals surface area contributed by atoms with Crippen molar-refractivity contribution in [2.75, 3.05) is 19.6 Å². The zero-order chi connectivity index (χ0) is 16.9. The molecule has 3 amide bonds. The third-order valence-electron chi connectivity index (χ3n) is 4.87. The standard InChI is InChI=1S/C18H24ClN3O2/c19-16-6-5-13-7-10-22(12-15(13)11-16)18(24)21-9-2-8-20-17(23)14-3-1-4-14/h5-6,11,14H,1-4,7-10,12H2,(H,20,23)(H,21,24). The third-order valence-corrected chi connectivity index (χ3v) is 5.11. The Balaban J connectivity index is 1.36. The zero-order valence-electron chi connectivity index (χ0n) is 13.8. The maximum atomic E-state index is 12.2. The van der Waals surface area contributed by atoms with Crippen LogP contribution in [0.5, 0.6) is 0 Å². The van der Waals surface area contributed by atoms with E-state index < -0.39 is 0 Å². The molecular weight excluding hydrogens is 326 g/mol. The van der Waals surface area contributed by atoms with Crippen molar-refractivity contribution in [3.8, 4) is 0 Å². The first-order valence-corrected chi connectivity index (χ1v) is 9.09. The second-order valence-electron chi connectivity index (χ2n) is 6.59. The molecule has 2 aliphatic rings. The van der Waals surface area contributed by atoms with Gasteiger partial charge in [0.1, 0.15) is 0 Å². The topological polar surface area (TPSA) is 61.4 Å². The molecule has 1 fully saturated rings. The fraction of sp³-hybridized carbons (Fsp3) is 0.556. The van der Waals surface area contributed by atoms with Crippen LogP contribution >= 0.6 is 11.6 Å². The highest BCUT2D eigenvalue weighted by Crippen LogP contribution is 2.26. The molecule has 0 radical (unpaired) electrons. The molecule has 3 rings (SSSR count). The monoisotopic (exact) mass is 349 g/mol. The summed E-state index contributed by atoms with van der Waals surface area (Å²) in [6.45, 7) is 2.51. The van der Waals surface area contributed by atoms with Gasteiger partial charge in [-0.25, -0.2) is 4.79 Å². The Morgan fingerprint density at radius 2 is 1.96 bits per heavy atom. The molecule has 0 bridgehead atoms. The van der Waals surface area contributed by atoms with Gasteiger partial charge in [-0.3, -0.25) is 4.79 Å². The van der Waals surface area contributed by atoms with E-state index in [4.69, 9.17) is 11.6 Å². The number of hydrogen-bond acceptors (Lipinski definition) is 2. The number of nitrogens with one attached hydrogen (secondary N) is 2. The molecule has 1 saturated carbocycles. The highest BCUT2D eigenvalue weighted by molar-refractivity contribution is 6.30. The number of fused-ring (bicyclic) bond motifs is 1. The average Bonchev–Trinajstić information content (AvgIpc) is 2.52. The predicted molar refractivity (Wildman–Crippen MR) is 93.9 cm³/mol. The van der Waals surface area contributed by atoms with Crippen LogP contribution in [0.4, 0.5) is 4.79 Å². The zero-order valence-corrected chi connectivity index (χ0v) is 14.6. The van der Waals surface area contributed by atoms with Gasteiger partial charge >= 0.3 is 6.03 Å². The van der Waals surface area contributed by atoms with E-state index in [1.165, 1.54) is 5.56 Å². The van der Waals surface area contributed by atoms with Gasteiger partial charge in [-0.15, -0.1) is 0 Å². The number of carbonyl (C=O) groups excluding carboxylic acids is 2. The summed E-state index contributed by atoms with van der Waals surface area (Å²) in [4.78, 5) is 25.8. The smallest absolute Gasteiger partial charge is 0.317 e. The van der Waals surface area contributed by atoms with Crippen LogP contribution < -0.4 is 10.6 Å². The first-order chi connectivity index (χ1) is 11.6. The molecule has 0 unspecified atom stereocenters. The molecule has 1 aromatic rings. The van der Waals surface area contributed by atoms with Crippen LogP contribution in [0.15, 0.2) is 18.2 Å². The van der Waals surface area contributed by atoms with E-state index >= 15 is 0 Å². The van der Waals surface area contributed by atoms with E-state index in [0.29, 0.717) is 24.7 Å². The second-order valence-corrected chi connectivity index (χ2v) is 7.03. The first kappa shape index (κ1) is 17.1. The number of nitrogens with zero attached hydrogens (tertiary/aromatic N) is 1. The Bertz CT molecular complexity index is 616. The molecule has 0 spiro atoms. The molecule has 1 aliphatic heterocycles. The van der Waals surface area contributed by atoms with E-state index in [9.17, 15) is 9.59 Å². The van der Waals surface area contributed by atoms with Gasteiger partial charge in [-0.2, -0.15) is 0 Å². The fourth-order valence-corrected chi connectivity index (χ4v) is 3.32. The van der Waals surface area contributed by atoms with E-state index in [0.717, 1.165) is 44.2 Å². The van der Waals surface area contributed by atoms with Gasteiger partial charge in [-0.05, 0) is 48.9 Å². The Morgan fingerprint density at radius 1 is 1.17 bits per heavy atom. The largest absolute Gasteiger partial charge is 0.356 e. The van der Waals surface area contributed by atoms with E-state index in [1.54, 1.807) is 0 Å². The number of urea groups is 1. The number of benzene rings is 1. The molecule has 0 saturated heterocycles. The number of rotatable bonds is 5. The van der Waals surface area contributed by atoms with Gasteiger partial charge in [0.2, 0.25) is 5.91 Å². The van der Waals surface area contributed by atoms with Crippen molar-refractivity contribution in [3.63, 3.8) is 0 Å². The third kappa shape index (κ3) is 4.20. The van der Waals surface area contributed by atoms with Crippen molar-refractivity contribution in [3.05, 3.63) is 34.3 Å². The Kier molecular flexibility index (Phi) is 5.61. The Hall–Kier alpha value is -1.75. The van der Waals surface area contributed by atoms with Gasteiger partial charge in [-0.1, -0.05) is 24.1 Å². The maximum absolute atomic E-state index is 12.2. The Morgan fingerprint density at radius 3 is 2.71 bits per heavy atom. The lowest BCUT2D eigenvalue weighted by Crippen LogP contribution is -2.43. The molecule has 6 heteroatoms. The van der Waals surface area contributed by atoms with Crippen LogP contribution in [-0.2, 0) is 17.8 Å². The van der Waals surface area contributed by atoms with Crippen LogP contribution in [0.3, 0.4) is 0 Å². The fourth-order valence-electron chi connectivity index (χ4n) is 3.12. The molecule has 1 heterocycles. The highest BCUT2D eigenvalue weighted by atomic mass is 35.5. The highest BCUT2D eigenvalue weighted by Gasteiger charge is 2.24. The average molecular weight is 350 g/mol. The van der Waals surface area contributed by atoms with Crippen LogP contribution in [0.1, 0.15) is 36.8 Å². The summed E-state index contributed by atoms with van der Waals surface area (Å²) in [5.74, 6) is 0.386. The lowest BCUT2D eigenvalue weighted by Gasteiger charge is -2.29. The maximum Gasteiger partial charge on any atom is 0.317 e. The van der Waals surface area contributed by atoms with Gasteiger partial charge < -0.3 is 15.5 Å². The Labute approximate surface area is 147 Å². The summed E-state index contributed by atoms with van der Waals surface area (Å²) in [6.07, 6.45) is 4.81. The number of hydrogen-bond donors (Lipinski definition) is 2. The van der Waals surface area contributed by atoms with Crippen molar-refractivity contribution in [1.29, 1.82) is 0 Å². The molecule has 0 aromatic heterocycles. The minimum atomic E-state index is -0.0501. The van der Waals surface area contributed by atoms with Crippen molar-refractivity contribution < 1.29 is 9.59 Å². The molecule has 24 heavy (non-hydrogen) atoms. The minimum absolute atomic E-state index is 0.0501. The number of halogens is 1. The lowest BCUT2D eigenvalue weighted by atomic mass is 9.85. The van der Waals surface area contributed by atoms with Gasteiger partial charge in [0.15, 0.2) is 0 Å². The molecule has 1 aromatic carbocycles. The normalized spacial score (nSPS) is 17.0. The van der Waals surface area contributed by atoms with Crippen LogP contribution in [-0.4, -0.2) is 36.5 Å². The quantitative estimate of drug-likeness (QED) is 0.803. The van der Waals surface area contributed by atoms with Crippen molar-refractivity contribution >= 4 is 23.5 Å². The summed E-state index contributed by atoms with van der Waals surface area (Å²) in [6, 6.07) is 5.82. The summed E-state index contributed by atoms with van der Waals surface area (Å²) in [7, 11) is 0. The number of amides is 3. The van der Waals surface area contributed by atoms with Crippen molar-refractivity contribution in [2.24, 2.45) is 5.92 Å². The number of carbonyl (C=O) groups is 2. The van der Waals surface area contributed by atoms with Crippen LogP contribution in [0.25, 0.3) is 0 Å². The SMILES string of the molecule is O=C(NCCCNC(=O)N1CCc2ccc(Cl)cc2C1)C1CCC1. The predicted octanol–water partition coefficient (Wildman–Crippen LogP) is 2.71. The molecule has 130 valence electrons. The van der Waals surface area contributed by atoms with Gasteiger partial charge in [0, 0.05) is 37.1 Å². The minimum Gasteiger partial charge on any atom is -0.356 e. The second kappa shape index (κ2) is 7.88. The van der Waals surface area contributed by atoms with Crippen molar-refractivity contribution in [1.82, 2.24) is 15.5 Å². The summed E-state index contributed by atoms with van der Waals surface area (Å²) >= 11 is 6.03. The van der Waals surface area contributed by atoms with E-state index in [-0.39, 0.29) is 17.9 Å². The van der Waals surface area contributed by atoms with Crippen LogP contribution in [0, 0.1) is 5.92 Å². The molecule has 1 aliphatic carbocycles. The van der Waals surface area contributed by atoms with E-state index in [2.05, 4.69) is 10.6 Å². The summed E-state index contributed by atoms with van der Waals surface area (Å²) in [5.41, 5.74) is 2.39. The van der Waals surface area contributed by atoms with Gasteiger partial charge in [0.05, 0.1) is 0 Å².